The molecule has 2 rings (SSSR count). The topological polar surface area (TPSA) is 62.2 Å². The summed E-state index contributed by atoms with van der Waals surface area (Å²) in [5.74, 6) is 0. The van der Waals surface area contributed by atoms with Gasteiger partial charge in [0.15, 0.2) is 0 Å². The summed E-state index contributed by atoms with van der Waals surface area (Å²) in [6, 6.07) is 11.5. The van der Waals surface area contributed by atoms with Gasteiger partial charge in [0.1, 0.15) is 4.60 Å². The molecule has 0 fully saturated rings. The van der Waals surface area contributed by atoms with Crippen LogP contribution in [-0.2, 0) is 6.54 Å². The minimum absolute atomic E-state index is 0.315. The van der Waals surface area contributed by atoms with Gasteiger partial charge in [0.05, 0.1) is 0 Å². The molecule has 0 aliphatic heterocycles. The third-order valence-electron chi connectivity index (χ3n) is 2.64. The van der Waals surface area contributed by atoms with E-state index < -0.39 is 6.09 Å². The van der Waals surface area contributed by atoms with Crippen LogP contribution in [0.15, 0.2) is 47.2 Å². The van der Waals surface area contributed by atoms with Gasteiger partial charge >= 0.3 is 6.09 Å². The Labute approximate surface area is 125 Å². The van der Waals surface area contributed by atoms with Crippen LogP contribution in [0.3, 0.4) is 0 Å². The Morgan fingerprint density at radius 2 is 1.80 bits per heavy atom. The number of benzene rings is 1. The number of rotatable bonds is 4. The van der Waals surface area contributed by atoms with Gasteiger partial charge in [-0.2, -0.15) is 0 Å². The summed E-state index contributed by atoms with van der Waals surface area (Å²) in [5, 5.41) is 10.9. The summed E-state index contributed by atoms with van der Waals surface area (Å²) in [6.45, 7) is 0.315. The van der Waals surface area contributed by atoms with E-state index in [1.807, 2.05) is 48.6 Å². The molecule has 0 bridgehead atoms. The third kappa shape index (κ3) is 4.51. The molecule has 1 amide bonds. The normalized spacial score (nSPS) is 10.7. The second-order valence-electron chi connectivity index (χ2n) is 4.15. The summed E-state index contributed by atoms with van der Waals surface area (Å²) in [5.41, 5.74) is 2.99. The van der Waals surface area contributed by atoms with Gasteiger partial charge in [-0.25, -0.2) is 9.78 Å². The van der Waals surface area contributed by atoms with E-state index in [-0.39, 0.29) is 0 Å². The largest absolute Gasteiger partial charge is 0.465 e. The predicted octanol–water partition coefficient (Wildman–Crippen LogP) is 3.78. The second-order valence-corrected chi connectivity index (χ2v) is 4.96. The SMILES string of the molecule is O=C(O)NCc1ccc(/C=C/c2ccc(Br)nc2)cc1. The Morgan fingerprint density at radius 1 is 1.15 bits per heavy atom. The number of amides is 1. The van der Waals surface area contributed by atoms with Gasteiger partial charge < -0.3 is 10.4 Å². The number of nitrogens with one attached hydrogen (secondary N) is 1. The molecular weight excluding hydrogens is 320 g/mol. The number of hydrogen-bond donors (Lipinski definition) is 2. The zero-order chi connectivity index (χ0) is 14.4. The summed E-state index contributed by atoms with van der Waals surface area (Å²) < 4.78 is 0.810. The van der Waals surface area contributed by atoms with Crippen LogP contribution in [0, 0.1) is 0 Å². The minimum atomic E-state index is -1.02. The van der Waals surface area contributed by atoms with Crippen LogP contribution in [0.25, 0.3) is 12.2 Å². The molecule has 2 N–H and O–H groups in total. The van der Waals surface area contributed by atoms with Crippen LogP contribution in [0.2, 0.25) is 0 Å². The van der Waals surface area contributed by atoms with Crippen molar-refractivity contribution in [2.75, 3.05) is 0 Å². The van der Waals surface area contributed by atoms with Crippen LogP contribution in [-0.4, -0.2) is 16.2 Å². The van der Waals surface area contributed by atoms with Gasteiger partial charge in [0.2, 0.25) is 0 Å². The van der Waals surface area contributed by atoms with Crippen molar-refractivity contribution in [1.82, 2.24) is 10.3 Å². The lowest BCUT2D eigenvalue weighted by Crippen LogP contribution is -2.19. The van der Waals surface area contributed by atoms with E-state index >= 15 is 0 Å². The van der Waals surface area contributed by atoms with Crippen molar-refractivity contribution in [3.63, 3.8) is 0 Å². The molecule has 1 heterocycles. The first-order chi connectivity index (χ1) is 9.63. The lowest BCUT2D eigenvalue weighted by molar-refractivity contribution is 0.194. The van der Waals surface area contributed by atoms with Gasteiger partial charge in [-0.15, -0.1) is 0 Å². The lowest BCUT2D eigenvalue weighted by atomic mass is 10.1. The van der Waals surface area contributed by atoms with Crippen LogP contribution in [0.1, 0.15) is 16.7 Å². The maximum absolute atomic E-state index is 10.4. The molecule has 1 aromatic heterocycles. The summed E-state index contributed by atoms with van der Waals surface area (Å²) in [6.07, 6.45) is 4.73. The fourth-order valence-corrected chi connectivity index (χ4v) is 1.84. The van der Waals surface area contributed by atoms with Gasteiger partial charge in [-0.05, 0) is 38.7 Å². The molecule has 0 aliphatic carbocycles. The Balaban J connectivity index is 1.99. The lowest BCUT2D eigenvalue weighted by Gasteiger charge is -2.01. The van der Waals surface area contributed by atoms with E-state index in [2.05, 4.69) is 26.2 Å². The average molecular weight is 333 g/mol. The van der Waals surface area contributed by atoms with E-state index in [4.69, 9.17) is 5.11 Å². The van der Waals surface area contributed by atoms with Crippen molar-refractivity contribution >= 4 is 34.2 Å². The number of hydrogen-bond acceptors (Lipinski definition) is 2. The van der Waals surface area contributed by atoms with Gasteiger partial charge in [0, 0.05) is 12.7 Å². The molecule has 102 valence electrons. The quantitative estimate of drug-likeness (QED) is 0.837. The smallest absolute Gasteiger partial charge is 0.404 e. The molecule has 0 atom stereocenters. The Hall–Kier alpha value is -2.14. The standard InChI is InChI=1S/C15H13BrN2O2/c16-14-8-7-13(9-17-14)6-3-11-1-4-12(5-2-11)10-18-15(19)20/h1-9,18H,10H2,(H,19,20)/b6-3+. The first-order valence-corrected chi connectivity index (χ1v) is 6.78. The minimum Gasteiger partial charge on any atom is -0.465 e. The van der Waals surface area contributed by atoms with E-state index in [0.29, 0.717) is 6.54 Å². The monoisotopic (exact) mass is 332 g/mol. The Bertz CT molecular complexity index is 607. The van der Waals surface area contributed by atoms with E-state index in [9.17, 15) is 4.79 Å². The second kappa shape index (κ2) is 6.86. The number of carbonyl (C=O) groups is 1. The van der Waals surface area contributed by atoms with E-state index in [0.717, 1.165) is 21.3 Å². The van der Waals surface area contributed by atoms with Gasteiger partial charge in [-0.3, -0.25) is 0 Å². The molecule has 0 unspecified atom stereocenters. The molecule has 0 spiro atoms. The van der Waals surface area contributed by atoms with Crippen molar-refractivity contribution in [2.24, 2.45) is 0 Å². The molecule has 0 saturated carbocycles. The van der Waals surface area contributed by atoms with E-state index in [1.54, 1.807) is 6.20 Å². The highest BCUT2D eigenvalue weighted by Crippen LogP contribution is 2.11. The zero-order valence-corrected chi connectivity index (χ0v) is 12.2. The van der Waals surface area contributed by atoms with Gasteiger partial charge in [0.25, 0.3) is 0 Å². The third-order valence-corrected chi connectivity index (χ3v) is 3.11. The van der Waals surface area contributed by atoms with Crippen LogP contribution in [0.4, 0.5) is 4.79 Å². The maximum Gasteiger partial charge on any atom is 0.404 e. The highest BCUT2D eigenvalue weighted by molar-refractivity contribution is 9.10. The molecule has 2 aromatic rings. The number of pyridine rings is 1. The number of aromatic nitrogens is 1. The van der Waals surface area contributed by atoms with Crippen LogP contribution in [0.5, 0.6) is 0 Å². The van der Waals surface area contributed by atoms with Crippen molar-refractivity contribution in [3.05, 3.63) is 63.9 Å². The molecule has 1 aromatic carbocycles. The molecule has 0 radical (unpaired) electrons. The van der Waals surface area contributed by atoms with Gasteiger partial charge in [-0.1, -0.05) is 42.5 Å². The molecule has 20 heavy (non-hydrogen) atoms. The Morgan fingerprint density at radius 3 is 2.40 bits per heavy atom. The summed E-state index contributed by atoms with van der Waals surface area (Å²) in [4.78, 5) is 14.5. The number of halogens is 1. The average Bonchev–Trinajstić information content (AvgIpc) is 2.45. The van der Waals surface area contributed by atoms with Crippen LogP contribution < -0.4 is 5.32 Å². The fourth-order valence-electron chi connectivity index (χ4n) is 1.60. The molecule has 5 heteroatoms. The van der Waals surface area contributed by atoms with Crippen molar-refractivity contribution in [2.45, 2.75) is 6.54 Å². The molecule has 4 nitrogen and oxygen atoms in total. The maximum atomic E-state index is 10.4. The molecule has 0 aliphatic rings. The zero-order valence-electron chi connectivity index (χ0n) is 10.6. The fraction of sp³-hybridized carbons (Fsp3) is 0.0667. The van der Waals surface area contributed by atoms with Crippen LogP contribution >= 0.6 is 15.9 Å². The summed E-state index contributed by atoms with van der Waals surface area (Å²) in [7, 11) is 0. The first-order valence-electron chi connectivity index (χ1n) is 5.99. The highest BCUT2D eigenvalue weighted by Gasteiger charge is 1.96. The van der Waals surface area contributed by atoms with Crippen molar-refractivity contribution in [1.29, 1.82) is 0 Å². The van der Waals surface area contributed by atoms with Crippen molar-refractivity contribution < 1.29 is 9.90 Å². The Kier molecular flexibility index (Phi) is 4.90. The predicted molar refractivity (Wildman–Crippen MR) is 82.2 cm³/mol. The first kappa shape index (κ1) is 14.3. The molecular formula is C15H13BrN2O2. The van der Waals surface area contributed by atoms with Crippen molar-refractivity contribution in [3.8, 4) is 0 Å². The highest BCUT2D eigenvalue weighted by atomic mass is 79.9. The molecule has 0 saturated heterocycles. The summed E-state index contributed by atoms with van der Waals surface area (Å²) >= 11 is 3.29. The number of nitrogens with zero attached hydrogens (tertiary/aromatic N) is 1. The number of carboxylic acid groups (broad SMARTS) is 1. The van der Waals surface area contributed by atoms with E-state index in [1.165, 1.54) is 0 Å².